The molecule has 1 amide bonds. The molecule has 0 aliphatic carbocycles. The van der Waals surface area contributed by atoms with Crippen LogP contribution in [0.15, 0.2) is 10.7 Å². The molecule has 0 aromatic carbocycles. The molecule has 98 valence electrons. The van der Waals surface area contributed by atoms with Crippen LogP contribution in [0.4, 0.5) is 0 Å². The highest BCUT2D eigenvalue weighted by Crippen LogP contribution is 2.21. The van der Waals surface area contributed by atoms with Crippen molar-refractivity contribution < 1.29 is 14.0 Å². The van der Waals surface area contributed by atoms with E-state index in [2.05, 4.69) is 5.32 Å². The Bertz CT molecular complexity index is 489. The largest absolute Gasteiger partial charge is 0.458 e. The number of furan rings is 1. The Morgan fingerprint density at radius 3 is 2.56 bits per heavy atom. The third kappa shape index (κ3) is 3.19. The number of nitrogens with two attached hydrogens (primary N) is 1. The van der Waals surface area contributed by atoms with Gasteiger partial charge in [-0.15, -0.1) is 0 Å². The molecule has 0 unspecified atom stereocenters. The van der Waals surface area contributed by atoms with Gasteiger partial charge in [0, 0.05) is 5.56 Å². The molecule has 1 heterocycles. The Labute approximate surface area is 105 Å². The Morgan fingerprint density at radius 1 is 1.50 bits per heavy atom. The minimum absolute atomic E-state index is 0.0455. The van der Waals surface area contributed by atoms with Gasteiger partial charge in [0.05, 0.1) is 5.56 Å². The van der Waals surface area contributed by atoms with E-state index in [0.717, 1.165) is 0 Å². The van der Waals surface area contributed by atoms with Crippen molar-refractivity contribution in [2.24, 2.45) is 11.7 Å². The molecule has 0 radical (unpaired) electrons. The first-order valence-corrected chi connectivity index (χ1v) is 5.59. The summed E-state index contributed by atoms with van der Waals surface area (Å²) in [5, 5.41) is 9.16. The lowest BCUT2D eigenvalue weighted by molar-refractivity contribution is 0.0947. The molecule has 1 rings (SSSR count). The van der Waals surface area contributed by atoms with Crippen LogP contribution in [0, 0.1) is 11.3 Å². The maximum absolute atomic E-state index is 11.8. The van der Waals surface area contributed by atoms with Crippen LogP contribution in [0.2, 0.25) is 0 Å². The molecule has 18 heavy (non-hydrogen) atoms. The van der Waals surface area contributed by atoms with Crippen LogP contribution >= 0.6 is 0 Å². The molecular weight excluding hydrogens is 234 g/mol. The summed E-state index contributed by atoms with van der Waals surface area (Å²) in [4.78, 5) is 23.2. The van der Waals surface area contributed by atoms with E-state index in [0.29, 0.717) is 17.5 Å². The summed E-state index contributed by atoms with van der Waals surface area (Å²) in [5.41, 5.74) is 6.06. The number of rotatable bonds is 4. The van der Waals surface area contributed by atoms with Gasteiger partial charge in [0.15, 0.2) is 17.5 Å². The van der Waals surface area contributed by atoms with Crippen molar-refractivity contribution in [1.29, 1.82) is 5.41 Å². The van der Waals surface area contributed by atoms with E-state index < -0.39 is 11.9 Å². The highest BCUT2D eigenvalue weighted by molar-refractivity contribution is 6.06. The number of amides is 1. The maximum atomic E-state index is 11.8. The van der Waals surface area contributed by atoms with Crippen molar-refractivity contribution in [3.63, 3.8) is 0 Å². The monoisotopic (exact) mass is 251 g/mol. The normalized spacial score (nSPS) is 10.4. The second-order valence-electron chi connectivity index (χ2n) is 4.48. The summed E-state index contributed by atoms with van der Waals surface area (Å²) in [6.07, 6.45) is 1.82. The molecular formula is C12H17N3O3. The first-order chi connectivity index (χ1) is 8.32. The SMILES string of the molecule is CC(=O)c1coc(C(=O)NC(=N)N)c1CC(C)C. The molecule has 1 aromatic heterocycles. The van der Waals surface area contributed by atoms with Crippen LogP contribution < -0.4 is 11.1 Å². The second-order valence-corrected chi connectivity index (χ2v) is 4.48. The quantitative estimate of drug-likeness (QED) is 0.425. The first kappa shape index (κ1) is 14.0. The smallest absolute Gasteiger partial charge is 0.293 e. The number of Topliss-reactive ketones (excluding diaryl/α,β-unsaturated/α-hetero) is 1. The third-order valence-electron chi connectivity index (χ3n) is 2.34. The molecule has 0 atom stereocenters. The maximum Gasteiger partial charge on any atom is 0.293 e. The molecule has 0 aliphatic heterocycles. The molecule has 0 fully saturated rings. The number of hydrogen-bond donors (Lipinski definition) is 3. The van der Waals surface area contributed by atoms with Gasteiger partial charge in [0.1, 0.15) is 6.26 Å². The summed E-state index contributed by atoms with van der Waals surface area (Å²) >= 11 is 0. The Balaban J connectivity index is 3.15. The summed E-state index contributed by atoms with van der Waals surface area (Å²) in [6, 6.07) is 0. The molecule has 6 nitrogen and oxygen atoms in total. The molecule has 1 aromatic rings. The fourth-order valence-electron chi connectivity index (χ4n) is 1.66. The average Bonchev–Trinajstić information content (AvgIpc) is 2.59. The van der Waals surface area contributed by atoms with Crippen LogP contribution in [-0.2, 0) is 6.42 Å². The van der Waals surface area contributed by atoms with Crippen molar-refractivity contribution >= 4 is 17.6 Å². The van der Waals surface area contributed by atoms with Gasteiger partial charge < -0.3 is 10.2 Å². The van der Waals surface area contributed by atoms with E-state index >= 15 is 0 Å². The van der Waals surface area contributed by atoms with E-state index in [1.807, 2.05) is 13.8 Å². The van der Waals surface area contributed by atoms with Gasteiger partial charge in [-0.2, -0.15) is 0 Å². The predicted octanol–water partition coefficient (Wildman–Crippen LogP) is 1.30. The molecule has 0 bridgehead atoms. The van der Waals surface area contributed by atoms with Crippen LogP contribution in [-0.4, -0.2) is 17.6 Å². The molecule has 6 heteroatoms. The minimum Gasteiger partial charge on any atom is -0.458 e. The third-order valence-corrected chi connectivity index (χ3v) is 2.34. The zero-order valence-corrected chi connectivity index (χ0v) is 10.7. The van der Waals surface area contributed by atoms with Crippen molar-refractivity contribution in [3.8, 4) is 0 Å². The average molecular weight is 251 g/mol. The molecule has 0 spiro atoms. The van der Waals surface area contributed by atoms with Crippen LogP contribution in [0.3, 0.4) is 0 Å². The van der Waals surface area contributed by atoms with Gasteiger partial charge in [0.25, 0.3) is 5.91 Å². The highest BCUT2D eigenvalue weighted by atomic mass is 16.3. The number of hydrogen-bond acceptors (Lipinski definition) is 4. The van der Waals surface area contributed by atoms with Gasteiger partial charge >= 0.3 is 0 Å². The van der Waals surface area contributed by atoms with E-state index in [4.69, 9.17) is 15.6 Å². The lowest BCUT2D eigenvalue weighted by Gasteiger charge is -2.07. The van der Waals surface area contributed by atoms with Gasteiger partial charge in [0.2, 0.25) is 0 Å². The number of carbonyl (C=O) groups excluding carboxylic acids is 2. The molecule has 0 aliphatic rings. The van der Waals surface area contributed by atoms with Crippen molar-refractivity contribution in [2.75, 3.05) is 0 Å². The Kier molecular flexibility index (Phi) is 4.25. The van der Waals surface area contributed by atoms with Crippen molar-refractivity contribution in [2.45, 2.75) is 27.2 Å². The van der Waals surface area contributed by atoms with Crippen LogP contribution in [0.5, 0.6) is 0 Å². The number of nitrogens with one attached hydrogen (secondary N) is 2. The summed E-state index contributed by atoms with van der Waals surface area (Å²) in [5.74, 6) is -0.910. The number of ketones is 1. The Morgan fingerprint density at radius 2 is 2.11 bits per heavy atom. The molecule has 4 N–H and O–H groups in total. The van der Waals surface area contributed by atoms with Gasteiger partial charge in [-0.1, -0.05) is 13.8 Å². The zero-order valence-electron chi connectivity index (χ0n) is 10.7. The first-order valence-electron chi connectivity index (χ1n) is 5.59. The zero-order chi connectivity index (χ0) is 13.9. The van der Waals surface area contributed by atoms with E-state index in [1.54, 1.807) is 0 Å². The van der Waals surface area contributed by atoms with Crippen molar-refractivity contribution in [1.82, 2.24) is 5.32 Å². The van der Waals surface area contributed by atoms with Gasteiger partial charge in [-0.3, -0.25) is 20.3 Å². The van der Waals surface area contributed by atoms with Gasteiger partial charge in [-0.25, -0.2) is 0 Å². The van der Waals surface area contributed by atoms with Gasteiger partial charge in [-0.05, 0) is 19.3 Å². The summed E-state index contributed by atoms with van der Waals surface area (Å²) in [7, 11) is 0. The highest BCUT2D eigenvalue weighted by Gasteiger charge is 2.23. The van der Waals surface area contributed by atoms with E-state index in [-0.39, 0.29) is 17.5 Å². The lowest BCUT2D eigenvalue weighted by atomic mass is 9.97. The number of guanidine groups is 1. The fourth-order valence-corrected chi connectivity index (χ4v) is 1.66. The van der Waals surface area contributed by atoms with Crippen molar-refractivity contribution in [3.05, 3.63) is 23.2 Å². The second kappa shape index (κ2) is 5.48. The van der Waals surface area contributed by atoms with E-state index in [9.17, 15) is 9.59 Å². The van der Waals surface area contributed by atoms with Crippen LogP contribution in [0.25, 0.3) is 0 Å². The minimum atomic E-state index is -0.606. The lowest BCUT2D eigenvalue weighted by Crippen LogP contribution is -2.36. The Hall–Kier alpha value is -2.11. The summed E-state index contributed by atoms with van der Waals surface area (Å²) in [6.45, 7) is 5.37. The molecule has 0 saturated carbocycles. The fraction of sp³-hybridized carbons (Fsp3) is 0.417. The van der Waals surface area contributed by atoms with Crippen LogP contribution in [0.1, 0.15) is 47.2 Å². The summed E-state index contributed by atoms with van der Waals surface area (Å²) < 4.78 is 5.14. The predicted molar refractivity (Wildman–Crippen MR) is 66.6 cm³/mol. The topological polar surface area (TPSA) is 109 Å². The number of carbonyl (C=O) groups is 2. The van der Waals surface area contributed by atoms with E-state index in [1.165, 1.54) is 13.2 Å². The standard InChI is InChI=1S/C12H17N3O3/c1-6(2)4-8-9(7(3)16)5-18-10(8)11(17)15-12(13)14/h5-6H,4H2,1-3H3,(H4,13,14,15,17). The molecule has 0 saturated heterocycles.